The molecule has 1 aromatic carbocycles. The highest BCUT2D eigenvalue weighted by atomic mass is 16.5. The third-order valence-electron chi connectivity index (χ3n) is 3.32. The van der Waals surface area contributed by atoms with Crippen molar-refractivity contribution in [3.8, 4) is 5.75 Å². The van der Waals surface area contributed by atoms with Crippen molar-refractivity contribution in [1.29, 1.82) is 0 Å². The highest BCUT2D eigenvalue weighted by Crippen LogP contribution is 2.31. The maximum absolute atomic E-state index is 9.78. The van der Waals surface area contributed by atoms with Crippen molar-refractivity contribution in [3.63, 3.8) is 0 Å². The van der Waals surface area contributed by atoms with Gasteiger partial charge in [0.05, 0.1) is 12.6 Å². The molecule has 0 amide bonds. The summed E-state index contributed by atoms with van der Waals surface area (Å²) < 4.78 is 5.84. The van der Waals surface area contributed by atoms with Crippen LogP contribution in [0.2, 0.25) is 0 Å². The first-order chi connectivity index (χ1) is 8.34. The molecule has 0 aliphatic carbocycles. The Bertz CT molecular complexity index is 439. The largest absolute Gasteiger partial charge is 0.508 e. The number of nitrogens with zero attached hydrogens (tertiary/aromatic N) is 1. The number of benzene rings is 1. The minimum atomic E-state index is -0.131. The number of para-hydroxylation sites is 1. The third kappa shape index (κ3) is 2.00. The van der Waals surface area contributed by atoms with Crippen molar-refractivity contribution in [2.45, 2.75) is 25.0 Å². The molecule has 0 radical (unpaired) electrons. The van der Waals surface area contributed by atoms with E-state index in [9.17, 15) is 5.11 Å². The highest BCUT2D eigenvalue weighted by Gasteiger charge is 2.30. The summed E-state index contributed by atoms with van der Waals surface area (Å²) in [7, 11) is 0. The summed E-state index contributed by atoms with van der Waals surface area (Å²) in [4.78, 5) is 4.44. The topological polar surface area (TPSA) is 53.9 Å². The van der Waals surface area contributed by atoms with E-state index in [1.807, 2.05) is 18.2 Å². The van der Waals surface area contributed by atoms with Gasteiger partial charge in [0.15, 0.2) is 0 Å². The van der Waals surface area contributed by atoms with Crippen molar-refractivity contribution < 1.29 is 9.84 Å². The molecular weight excluding hydrogens is 216 g/mol. The van der Waals surface area contributed by atoms with E-state index >= 15 is 0 Å². The van der Waals surface area contributed by atoms with Crippen LogP contribution in [-0.4, -0.2) is 30.1 Å². The van der Waals surface area contributed by atoms with E-state index in [1.54, 1.807) is 6.07 Å². The number of rotatable bonds is 2. The van der Waals surface area contributed by atoms with Gasteiger partial charge in [-0.15, -0.1) is 0 Å². The average molecular weight is 232 g/mol. The molecule has 1 fully saturated rings. The van der Waals surface area contributed by atoms with Crippen LogP contribution in [0.3, 0.4) is 0 Å². The predicted octanol–water partition coefficient (Wildman–Crippen LogP) is 1.61. The molecule has 0 spiro atoms. The molecule has 4 nitrogen and oxygen atoms in total. The standard InChI is InChI=1S/C13H16N2O2/c16-11-6-2-1-4-9(11)12-8-15-13(17-12)10-5-3-7-14-10/h1-2,4,6,10,12,14,16H,3,5,7-8H2. The zero-order valence-corrected chi connectivity index (χ0v) is 9.60. The summed E-state index contributed by atoms with van der Waals surface area (Å²) in [6.45, 7) is 1.64. The quantitative estimate of drug-likeness (QED) is 0.814. The number of phenolic OH excluding ortho intramolecular Hbond substituents is 1. The Kier molecular flexibility index (Phi) is 2.73. The minimum absolute atomic E-state index is 0.131. The number of hydrogen-bond acceptors (Lipinski definition) is 4. The summed E-state index contributed by atoms with van der Waals surface area (Å²) in [6.07, 6.45) is 2.13. The van der Waals surface area contributed by atoms with E-state index < -0.39 is 0 Å². The fraction of sp³-hybridized carbons (Fsp3) is 0.462. The SMILES string of the molecule is Oc1ccccc1C1CN=C(C2CCCN2)O1. The number of aliphatic imine (C=N–C) groups is 1. The maximum Gasteiger partial charge on any atom is 0.201 e. The van der Waals surface area contributed by atoms with Gasteiger partial charge >= 0.3 is 0 Å². The Morgan fingerprint density at radius 3 is 3.00 bits per heavy atom. The molecule has 4 heteroatoms. The summed E-state index contributed by atoms with van der Waals surface area (Å²) >= 11 is 0. The molecule has 2 aliphatic rings. The second kappa shape index (κ2) is 4.37. The van der Waals surface area contributed by atoms with Crippen LogP contribution in [0.4, 0.5) is 0 Å². The van der Waals surface area contributed by atoms with Gasteiger partial charge in [-0.1, -0.05) is 18.2 Å². The van der Waals surface area contributed by atoms with Crippen LogP contribution in [0, 0.1) is 0 Å². The molecule has 0 bridgehead atoms. The van der Waals surface area contributed by atoms with Crippen molar-refractivity contribution in [2.75, 3.05) is 13.1 Å². The number of phenols is 1. The lowest BCUT2D eigenvalue weighted by atomic mass is 10.1. The van der Waals surface area contributed by atoms with Gasteiger partial charge < -0.3 is 15.2 Å². The first-order valence-electron chi connectivity index (χ1n) is 6.07. The molecule has 3 rings (SSSR count). The second-order valence-electron chi connectivity index (χ2n) is 4.49. The fourth-order valence-electron chi connectivity index (χ4n) is 2.40. The lowest BCUT2D eigenvalue weighted by Crippen LogP contribution is -2.31. The number of aromatic hydroxyl groups is 1. The Morgan fingerprint density at radius 1 is 1.35 bits per heavy atom. The number of ether oxygens (including phenoxy) is 1. The van der Waals surface area contributed by atoms with Crippen LogP contribution >= 0.6 is 0 Å². The van der Waals surface area contributed by atoms with E-state index in [0.717, 1.165) is 24.4 Å². The van der Waals surface area contributed by atoms with E-state index in [0.29, 0.717) is 6.54 Å². The van der Waals surface area contributed by atoms with Crippen LogP contribution in [0.1, 0.15) is 24.5 Å². The number of nitrogens with one attached hydrogen (secondary N) is 1. The summed E-state index contributed by atoms with van der Waals surface area (Å²) in [5, 5.41) is 13.1. The lowest BCUT2D eigenvalue weighted by molar-refractivity contribution is 0.214. The highest BCUT2D eigenvalue weighted by molar-refractivity contribution is 5.83. The van der Waals surface area contributed by atoms with Gasteiger partial charge in [-0.05, 0) is 25.5 Å². The molecule has 1 aromatic rings. The van der Waals surface area contributed by atoms with E-state index in [-0.39, 0.29) is 17.9 Å². The normalized spacial score (nSPS) is 27.9. The predicted molar refractivity (Wildman–Crippen MR) is 65.3 cm³/mol. The zero-order valence-electron chi connectivity index (χ0n) is 9.60. The molecule has 2 atom stereocenters. The van der Waals surface area contributed by atoms with Crippen LogP contribution in [0.15, 0.2) is 29.3 Å². The molecule has 17 heavy (non-hydrogen) atoms. The summed E-state index contributed by atoms with van der Waals surface area (Å²) in [6, 6.07) is 7.56. The molecule has 90 valence electrons. The Morgan fingerprint density at radius 2 is 2.24 bits per heavy atom. The van der Waals surface area contributed by atoms with E-state index in [4.69, 9.17) is 4.74 Å². The van der Waals surface area contributed by atoms with Gasteiger partial charge in [-0.25, -0.2) is 4.99 Å². The van der Waals surface area contributed by atoms with Crippen LogP contribution in [0.25, 0.3) is 0 Å². The van der Waals surface area contributed by atoms with Crippen molar-refractivity contribution in [3.05, 3.63) is 29.8 Å². The van der Waals surface area contributed by atoms with E-state index in [1.165, 1.54) is 6.42 Å². The molecular formula is C13H16N2O2. The van der Waals surface area contributed by atoms with Crippen molar-refractivity contribution in [1.82, 2.24) is 5.32 Å². The summed E-state index contributed by atoms with van der Waals surface area (Å²) in [5.41, 5.74) is 0.823. The van der Waals surface area contributed by atoms with Gasteiger partial charge in [-0.3, -0.25) is 0 Å². The van der Waals surface area contributed by atoms with Crippen molar-refractivity contribution in [2.24, 2.45) is 4.99 Å². The van der Waals surface area contributed by atoms with Crippen LogP contribution in [0.5, 0.6) is 5.75 Å². The molecule has 2 N–H and O–H groups in total. The first kappa shape index (κ1) is 10.6. The second-order valence-corrected chi connectivity index (χ2v) is 4.49. The monoisotopic (exact) mass is 232 g/mol. The van der Waals surface area contributed by atoms with Gasteiger partial charge in [0, 0.05) is 5.56 Å². The molecule has 1 saturated heterocycles. The maximum atomic E-state index is 9.78. The molecule has 0 saturated carbocycles. The van der Waals surface area contributed by atoms with Gasteiger partial charge in [0.1, 0.15) is 11.9 Å². The molecule has 2 aliphatic heterocycles. The zero-order chi connectivity index (χ0) is 11.7. The van der Waals surface area contributed by atoms with Gasteiger partial charge in [0.2, 0.25) is 5.90 Å². The molecule has 2 heterocycles. The Balaban J connectivity index is 1.72. The Labute approximate surface area is 100 Å². The fourth-order valence-corrected chi connectivity index (χ4v) is 2.40. The average Bonchev–Trinajstić information content (AvgIpc) is 3.00. The molecule has 2 unspecified atom stereocenters. The lowest BCUT2D eigenvalue weighted by Gasteiger charge is -2.15. The van der Waals surface area contributed by atoms with E-state index in [2.05, 4.69) is 10.3 Å². The van der Waals surface area contributed by atoms with Gasteiger partial charge in [0.25, 0.3) is 0 Å². The Hall–Kier alpha value is -1.55. The van der Waals surface area contributed by atoms with Crippen LogP contribution < -0.4 is 5.32 Å². The van der Waals surface area contributed by atoms with Gasteiger partial charge in [-0.2, -0.15) is 0 Å². The number of hydrogen-bond donors (Lipinski definition) is 2. The third-order valence-corrected chi connectivity index (χ3v) is 3.32. The van der Waals surface area contributed by atoms with Crippen LogP contribution in [-0.2, 0) is 4.74 Å². The smallest absolute Gasteiger partial charge is 0.201 e. The van der Waals surface area contributed by atoms with Crippen molar-refractivity contribution >= 4 is 5.90 Å². The summed E-state index contributed by atoms with van der Waals surface area (Å²) in [5.74, 6) is 1.09. The molecule has 0 aromatic heterocycles. The minimum Gasteiger partial charge on any atom is -0.508 e. The first-order valence-corrected chi connectivity index (χ1v) is 6.07.